The Hall–Kier alpha value is -3.59. The van der Waals surface area contributed by atoms with E-state index in [0.29, 0.717) is 11.1 Å². The molecule has 0 unspecified atom stereocenters. The van der Waals surface area contributed by atoms with Gasteiger partial charge in [-0.05, 0) is 47.5 Å². The number of hydrogen-bond donors (Lipinski definition) is 3. The number of aromatic carboxylic acids is 1. The molecule has 3 aromatic carbocycles. The summed E-state index contributed by atoms with van der Waals surface area (Å²) >= 11 is 0. The predicted molar refractivity (Wildman–Crippen MR) is 104 cm³/mol. The Kier molecular flexibility index (Phi) is 5.42. The summed E-state index contributed by atoms with van der Waals surface area (Å²) in [6.45, 7) is 0. The number of carbonyl (C=O) groups is 1. The molecule has 150 valence electrons. The lowest BCUT2D eigenvalue weighted by Crippen LogP contribution is -2.13. The van der Waals surface area contributed by atoms with Gasteiger partial charge in [-0.15, -0.1) is 0 Å². The molecule has 7 nitrogen and oxygen atoms in total. The van der Waals surface area contributed by atoms with Crippen LogP contribution in [-0.4, -0.2) is 31.7 Å². The minimum absolute atomic E-state index is 0.00612. The molecule has 3 rings (SSSR count). The standard InChI is InChI=1S/C20H16FNO6S/c1-28-19-8-5-13(10-17(19)21)12-3-2-4-15(9-12)29(26,27)22-14-6-7-16(20(24)25)18(23)11-14/h2-11,22-23H,1H3,(H,24,25). The van der Waals surface area contributed by atoms with Gasteiger partial charge in [-0.1, -0.05) is 18.2 Å². The van der Waals surface area contributed by atoms with Crippen LogP contribution in [0, 0.1) is 5.82 Å². The third-order valence-corrected chi connectivity index (χ3v) is 5.49. The second-order valence-corrected chi connectivity index (χ2v) is 7.70. The van der Waals surface area contributed by atoms with E-state index in [2.05, 4.69) is 4.72 Å². The highest BCUT2D eigenvalue weighted by Crippen LogP contribution is 2.28. The van der Waals surface area contributed by atoms with Crippen LogP contribution in [0.25, 0.3) is 11.1 Å². The number of methoxy groups -OCH3 is 1. The molecule has 0 aliphatic carbocycles. The molecule has 3 N–H and O–H groups in total. The van der Waals surface area contributed by atoms with Crippen molar-refractivity contribution >= 4 is 21.7 Å². The Morgan fingerprint density at radius 2 is 1.76 bits per heavy atom. The molecule has 0 aliphatic heterocycles. The number of aromatic hydroxyl groups is 1. The Morgan fingerprint density at radius 3 is 2.38 bits per heavy atom. The van der Waals surface area contributed by atoms with Crippen LogP contribution in [0.5, 0.6) is 11.5 Å². The summed E-state index contributed by atoms with van der Waals surface area (Å²) in [5.74, 6) is -2.41. The second-order valence-electron chi connectivity index (χ2n) is 6.02. The van der Waals surface area contributed by atoms with E-state index in [1.165, 1.54) is 43.5 Å². The van der Waals surface area contributed by atoms with Gasteiger partial charge in [0.1, 0.15) is 11.3 Å². The van der Waals surface area contributed by atoms with Gasteiger partial charge in [-0.2, -0.15) is 0 Å². The lowest BCUT2D eigenvalue weighted by Gasteiger charge is -2.11. The van der Waals surface area contributed by atoms with Gasteiger partial charge in [0, 0.05) is 6.07 Å². The first kappa shape index (κ1) is 20.2. The van der Waals surface area contributed by atoms with Crippen LogP contribution >= 0.6 is 0 Å². The molecule has 0 bridgehead atoms. The van der Waals surface area contributed by atoms with E-state index in [9.17, 15) is 22.7 Å². The van der Waals surface area contributed by atoms with Crippen LogP contribution in [0.1, 0.15) is 10.4 Å². The van der Waals surface area contributed by atoms with Gasteiger partial charge in [-0.3, -0.25) is 4.72 Å². The van der Waals surface area contributed by atoms with Crippen LogP contribution in [0.4, 0.5) is 10.1 Å². The number of rotatable bonds is 6. The number of hydrogen-bond acceptors (Lipinski definition) is 5. The molecule has 0 saturated heterocycles. The molecule has 0 spiro atoms. The number of anilines is 1. The molecule has 0 heterocycles. The highest BCUT2D eigenvalue weighted by atomic mass is 32.2. The summed E-state index contributed by atoms with van der Waals surface area (Å²) in [6.07, 6.45) is 0. The average Bonchev–Trinajstić information content (AvgIpc) is 2.67. The van der Waals surface area contributed by atoms with Gasteiger partial charge in [-0.25, -0.2) is 17.6 Å². The molecular weight excluding hydrogens is 401 g/mol. The van der Waals surface area contributed by atoms with Gasteiger partial charge < -0.3 is 14.9 Å². The SMILES string of the molecule is COc1ccc(-c2cccc(S(=O)(=O)Nc3ccc(C(=O)O)c(O)c3)c2)cc1F. The smallest absolute Gasteiger partial charge is 0.339 e. The van der Waals surface area contributed by atoms with Gasteiger partial charge in [0.15, 0.2) is 11.6 Å². The molecule has 3 aromatic rings. The number of halogens is 1. The zero-order chi connectivity index (χ0) is 21.2. The van der Waals surface area contributed by atoms with E-state index in [0.717, 1.165) is 12.1 Å². The molecule has 0 aliphatic rings. The van der Waals surface area contributed by atoms with E-state index >= 15 is 0 Å². The number of phenols is 1. The van der Waals surface area contributed by atoms with Crippen molar-refractivity contribution in [3.63, 3.8) is 0 Å². The van der Waals surface area contributed by atoms with Crippen molar-refractivity contribution in [2.45, 2.75) is 4.90 Å². The molecule has 29 heavy (non-hydrogen) atoms. The normalized spacial score (nSPS) is 11.1. The van der Waals surface area contributed by atoms with E-state index in [-0.39, 0.29) is 21.9 Å². The highest BCUT2D eigenvalue weighted by Gasteiger charge is 2.17. The van der Waals surface area contributed by atoms with E-state index < -0.39 is 27.6 Å². The second kappa shape index (κ2) is 7.80. The Labute approximate surface area is 166 Å². The van der Waals surface area contributed by atoms with Crippen molar-refractivity contribution in [2.75, 3.05) is 11.8 Å². The quantitative estimate of drug-likeness (QED) is 0.564. The number of benzene rings is 3. The lowest BCUT2D eigenvalue weighted by atomic mass is 10.1. The van der Waals surface area contributed by atoms with Crippen LogP contribution < -0.4 is 9.46 Å². The van der Waals surface area contributed by atoms with Gasteiger partial charge in [0.25, 0.3) is 10.0 Å². The topological polar surface area (TPSA) is 113 Å². The third kappa shape index (κ3) is 4.30. The molecule has 0 radical (unpaired) electrons. The maximum atomic E-state index is 14.0. The number of nitrogens with one attached hydrogen (secondary N) is 1. The minimum Gasteiger partial charge on any atom is -0.507 e. The molecule has 0 amide bonds. The van der Waals surface area contributed by atoms with E-state index in [1.807, 2.05) is 0 Å². The van der Waals surface area contributed by atoms with Crippen molar-refractivity contribution < 1.29 is 32.6 Å². The van der Waals surface area contributed by atoms with Gasteiger partial charge in [0.2, 0.25) is 0 Å². The third-order valence-electron chi connectivity index (χ3n) is 4.11. The monoisotopic (exact) mass is 417 g/mol. The summed E-state index contributed by atoms with van der Waals surface area (Å²) in [4.78, 5) is 10.9. The zero-order valence-corrected chi connectivity index (χ0v) is 15.9. The molecule has 0 saturated carbocycles. The summed E-state index contributed by atoms with van der Waals surface area (Å²) in [6, 6.07) is 13.5. The maximum Gasteiger partial charge on any atom is 0.339 e. The average molecular weight is 417 g/mol. The van der Waals surface area contributed by atoms with Crippen molar-refractivity contribution in [1.29, 1.82) is 0 Å². The highest BCUT2D eigenvalue weighted by molar-refractivity contribution is 7.92. The summed E-state index contributed by atoms with van der Waals surface area (Å²) in [5.41, 5.74) is 0.576. The first-order valence-corrected chi connectivity index (χ1v) is 9.72. The fraction of sp³-hybridized carbons (Fsp3) is 0.0500. The first-order valence-electron chi connectivity index (χ1n) is 8.24. The zero-order valence-electron chi connectivity index (χ0n) is 15.1. The molecular formula is C20H16FNO6S. The van der Waals surface area contributed by atoms with Crippen LogP contribution in [0.15, 0.2) is 65.6 Å². The number of sulfonamides is 1. The van der Waals surface area contributed by atoms with Crippen molar-refractivity contribution in [2.24, 2.45) is 0 Å². The minimum atomic E-state index is -4.04. The Bertz CT molecular complexity index is 1190. The number of carboxylic acid groups (broad SMARTS) is 1. The van der Waals surface area contributed by atoms with Crippen LogP contribution in [0.3, 0.4) is 0 Å². The largest absolute Gasteiger partial charge is 0.507 e. The van der Waals surface area contributed by atoms with Gasteiger partial charge in [0.05, 0.1) is 17.7 Å². The van der Waals surface area contributed by atoms with E-state index in [4.69, 9.17) is 9.84 Å². The van der Waals surface area contributed by atoms with Crippen LogP contribution in [-0.2, 0) is 10.0 Å². The summed E-state index contributed by atoms with van der Waals surface area (Å²) in [7, 11) is -2.70. The lowest BCUT2D eigenvalue weighted by molar-refractivity contribution is 0.0693. The number of ether oxygens (including phenoxy) is 1. The van der Waals surface area contributed by atoms with Gasteiger partial charge >= 0.3 is 5.97 Å². The predicted octanol–water partition coefficient (Wildman–Crippen LogP) is 3.71. The Morgan fingerprint density at radius 1 is 1.03 bits per heavy atom. The fourth-order valence-corrected chi connectivity index (χ4v) is 3.77. The molecule has 0 atom stereocenters. The van der Waals surface area contributed by atoms with E-state index in [1.54, 1.807) is 12.1 Å². The van der Waals surface area contributed by atoms with Crippen molar-refractivity contribution in [3.05, 3.63) is 72.0 Å². The fourth-order valence-electron chi connectivity index (χ4n) is 2.68. The van der Waals surface area contributed by atoms with Crippen molar-refractivity contribution in [3.8, 4) is 22.6 Å². The first-order chi connectivity index (χ1) is 13.7. The maximum absolute atomic E-state index is 14.0. The molecule has 0 fully saturated rings. The summed E-state index contributed by atoms with van der Waals surface area (Å²) < 4.78 is 46.5. The molecule has 0 aromatic heterocycles. The summed E-state index contributed by atoms with van der Waals surface area (Å²) in [5, 5.41) is 18.7. The number of carboxylic acids is 1. The molecule has 9 heteroatoms. The van der Waals surface area contributed by atoms with Crippen molar-refractivity contribution in [1.82, 2.24) is 0 Å². The Balaban J connectivity index is 1.92. The van der Waals surface area contributed by atoms with Crippen LogP contribution in [0.2, 0.25) is 0 Å².